The van der Waals surface area contributed by atoms with Crippen molar-refractivity contribution in [1.82, 2.24) is 9.55 Å². The van der Waals surface area contributed by atoms with Crippen LogP contribution in [0.3, 0.4) is 0 Å². The number of rotatable bonds is 7. The monoisotopic (exact) mass is 380 g/mol. The van der Waals surface area contributed by atoms with E-state index in [-0.39, 0.29) is 5.91 Å². The minimum absolute atomic E-state index is 0.131. The van der Waals surface area contributed by atoms with Crippen molar-refractivity contribution in [3.63, 3.8) is 0 Å². The second-order valence-corrected chi connectivity index (χ2v) is 7.14. The first kappa shape index (κ1) is 18.8. The van der Waals surface area contributed by atoms with E-state index in [1.807, 2.05) is 48.7 Å². The fourth-order valence-electron chi connectivity index (χ4n) is 2.76. The Kier molecular flexibility index (Phi) is 5.99. The van der Waals surface area contributed by atoms with Gasteiger partial charge in [-0.2, -0.15) is 5.26 Å². The molecule has 0 unspecified atom stereocenters. The van der Waals surface area contributed by atoms with E-state index in [9.17, 15) is 10.1 Å². The Bertz CT molecular complexity index is 956. The lowest BCUT2D eigenvalue weighted by Crippen LogP contribution is -2.17. The largest absolute Gasteiger partial charge is 0.467 e. The quantitative estimate of drug-likeness (QED) is 0.623. The number of carbonyl (C=O) groups is 1. The molecule has 6 nitrogen and oxygen atoms in total. The first-order valence-electron chi connectivity index (χ1n) is 8.56. The Hall–Kier alpha value is -2.98. The smallest absolute Gasteiger partial charge is 0.226 e. The molecule has 0 radical (unpaired) electrons. The third-order valence-corrected chi connectivity index (χ3v) is 5.26. The third-order valence-electron chi connectivity index (χ3n) is 4.31. The summed E-state index contributed by atoms with van der Waals surface area (Å²) >= 11 is 1.53. The molecular weight excluding hydrogens is 360 g/mol. The van der Waals surface area contributed by atoms with Gasteiger partial charge in [0.2, 0.25) is 5.91 Å². The van der Waals surface area contributed by atoms with Gasteiger partial charge in [0.1, 0.15) is 17.6 Å². The highest BCUT2D eigenvalue weighted by molar-refractivity contribution is 7.99. The van der Waals surface area contributed by atoms with E-state index < -0.39 is 0 Å². The maximum absolute atomic E-state index is 12.5. The number of hydrogen-bond donors (Lipinski definition) is 1. The van der Waals surface area contributed by atoms with E-state index in [0.29, 0.717) is 30.1 Å². The van der Waals surface area contributed by atoms with Crippen LogP contribution in [0.15, 0.2) is 52.2 Å². The van der Waals surface area contributed by atoms with E-state index in [1.165, 1.54) is 11.8 Å². The minimum atomic E-state index is -0.131. The molecular formula is C20H20N4O2S. The molecule has 1 N–H and O–H groups in total. The Morgan fingerprint density at radius 1 is 1.33 bits per heavy atom. The molecule has 3 heterocycles. The maximum Gasteiger partial charge on any atom is 0.226 e. The standard InChI is InChI=1S/C20H20N4O2S/c1-14-15(2)24(13-16-6-5-10-26-16)20(17(14)12-21)23-18(25)8-11-27-19-7-3-4-9-22-19/h3-7,9-10H,8,11,13H2,1-2H3,(H,23,25). The van der Waals surface area contributed by atoms with Gasteiger partial charge in [0.15, 0.2) is 0 Å². The summed E-state index contributed by atoms with van der Waals surface area (Å²) in [7, 11) is 0. The van der Waals surface area contributed by atoms with E-state index >= 15 is 0 Å². The number of aromatic nitrogens is 2. The number of nitrogens with one attached hydrogen (secondary N) is 1. The Balaban J connectivity index is 1.72. The first-order valence-corrected chi connectivity index (χ1v) is 9.54. The zero-order chi connectivity index (χ0) is 19.2. The first-order chi connectivity index (χ1) is 13.1. The number of furan rings is 1. The second kappa shape index (κ2) is 8.60. The Labute approximate surface area is 162 Å². The van der Waals surface area contributed by atoms with Crippen LogP contribution >= 0.6 is 11.8 Å². The average Bonchev–Trinajstić information content (AvgIpc) is 3.26. The Morgan fingerprint density at radius 3 is 2.85 bits per heavy atom. The summed E-state index contributed by atoms with van der Waals surface area (Å²) in [4.78, 5) is 16.7. The summed E-state index contributed by atoms with van der Waals surface area (Å²) in [6.45, 7) is 4.28. The fraction of sp³-hybridized carbons (Fsp3) is 0.250. The molecule has 3 aromatic rings. The topological polar surface area (TPSA) is 83.9 Å². The van der Waals surface area contributed by atoms with Crippen LogP contribution < -0.4 is 5.32 Å². The van der Waals surface area contributed by atoms with Crippen molar-refractivity contribution in [1.29, 1.82) is 5.26 Å². The summed E-state index contributed by atoms with van der Waals surface area (Å²) in [6, 6.07) is 11.6. The average molecular weight is 380 g/mol. The molecule has 1 amide bonds. The van der Waals surface area contributed by atoms with Crippen LogP contribution in [0.4, 0.5) is 5.82 Å². The molecule has 0 bridgehead atoms. The van der Waals surface area contributed by atoms with Crippen LogP contribution in [0.2, 0.25) is 0 Å². The molecule has 0 aliphatic rings. The van der Waals surface area contributed by atoms with Crippen molar-refractivity contribution < 1.29 is 9.21 Å². The Morgan fingerprint density at radius 2 is 2.19 bits per heavy atom. The van der Waals surface area contributed by atoms with E-state index in [1.54, 1.807) is 12.5 Å². The van der Waals surface area contributed by atoms with E-state index in [2.05, 4.69) is 16.4 Å². The van der Waals surface area contributed by atoms with Crippen molar-refractivity contribution >= 4 is 23.5 Å². The number of amides is 1. The number of nitriles is 1. The lowest BCUT2D eigenvalue weighted by molar-refractivity contribution is -0.115. The van der Waals surface area contributed by atoms with Gasteiger partial charge >= 0.3 is 0 Å². The summed E-state index contributed by atoms with van der Waals surface area (Å²) in [5.41, 5.74) is 2.29. The van der Waals surface area contributed by atoms with Crippen molar-refractivity contribution in [2.45, 2.75) is 31.8 Å². The number of hydrogen-bond acceptors (Lipinski definition) is 5. The molecule has 0 saturated carbocycles. The number of carbonyl (C=O) groups excluding carboxylic acids is 1. The SMILES string of the molecule is Cc1c(C#N)c(NC(=O)CCSc2ccccn2)n(Cc2ccco2)c1C. The van der Waals surface area contributed by atoms with Gasteiger partial charge in [0.25, 0.3) is 0 Å². The lowest BCUT2D eigenvalue weighted by Gasteiger charge is -2.12. The molecule has 7 heteroatoms. The highest BCUT2D eigenvalue weighted by Crippen LogP contribution is 2.27. The number of anilines is 1. The second-order valence-electron chi connectivity index (χ2n) is 6.03. The highest BCUT2D eigenvalue weighted by atomic mass is 32.2. The van der Waals surface area contributed by atoms with Crippen molar-refractivity contribution in [3.8, 4) is 6.07 Å². The molecule has 3 rings (SSSR count). The van der Waals surface area contributed by atoms with Gasteiger partial charge in [-0.1, -0.05) is 6.07 Å². The molecule has 3 aromatic heterocycles. The van der Waals surface area contributed by atoms with Crippen LogP contribution in [-0.4, -0.2) is 21.2 Å². The molecule has 0 atom stereocenters. The van der Waals surface area contributed by atoms with Crippen LogP contribution in [0.5, 0.6) is 0 Å². The molecule has 27 heavy (non-hydrogen) atoms. The normalized spacial score (nSPS) is 10.6. The van der Waals surface area contributed by atoms with Gasteiger partial charge in [0, 0.05) is 24.1 Å². The van der Waals surface area contributed by atoms with Crippen LogP contribution in [-0.2, 0) is 11.3 Å². The van der Waals surface area contributed by atoms with Crippen molar-refractivity contribution in [2.75, 3.05) is 11.1 Å². The molecule has 0 saturated heterocycles. The van der Waals surface area contributed by atoms with Gasteiger partial charge in [-0.15, -0.1) is 11.8 Å². The van der Waals surface area contributed by atoms with E-state index in [4.69, 9.17) is 4.42 Å². The van der Waals surface area contributed by atoms with E-state index in [0.717, 1.165) is 22.0 Å². The van der Waals surface area contributed by atoms with Crippen molar-refractivity contribution in [3.05, 3.63) is 65.4 Å². The van der Waals surface area contributed by atoms with Gasteiger partial charge in [-0.3, -0.25) is 4.79 Å². The molecule has 0 fully saturated rings. The van der Waals surface area contributed by atoms with Gasteiger partial charge < -0.3 is 14.3 Å². The maximum atomic E-state index is 12.5. The molecule has 0 spiro atoms. The zero-order valence-corrected chi connectivity index (χ0v) is 16.0. The number of thioether (sulfide) groups is 1. The van der Waals surface area contributed by atoms with Gasteiger partial charge in [-0.25, -0.2) is 4.98 Å². The van der Waals surface area contributed by atoms with Gasteiger partial charge in [0.05, 0.1) is 23.4 Å². The summed E-state index contributed by atoms with van der Waals surface area (Å²) < 4.78 is 7.34. The van der Waals surface area contributed by atoms with Crippen LogP contribution in [0.1, 0.15) is 29.0 Å². The summed E-state index contributed by atoms with van der Waals surface area (Å²) in [6.07, 6.45) is 3.67. The van der Waals surface area contributed by atoms with Gasteiger partial charge in [-0.05, 0) is 43.7 Å². The predicted octanol–water partition coefficient (Wildman–Crippen LogP) is 4.13. The zero-order valence-electron chi connectivity index (χ0n) is 15.2. The predicted molar refractivity (Wildman–Crippen MR) is 105 cm³/mol. The number of pyridine rings is 1. The highest BCUT2D eigenvalue weighted by Gasteiger charge is 2.20. The molecule has 0 aromatic carbocycles. The summed E-state index contributed by atoms with van der Waals surface area (Å²) in [5, 5.41) is 13.4. The van der Waals surface area contributed by atoms with Crippen LogP contribution in [0.25, 0.3) is 0 Å². The molecule has 0 aliphatic heterocycles. The lowest BCUT2D eigenvalue weighted by atomic mass is 10.2. The third kappa shape index (κ3) is 4.41. The molecule has 138 valence electrons. The fourth-order valence-corrected chi connectivity index (χ4v) is 3.57. The molecule has 0 aliphatic carbocycles. The summed E-state index contributed by atoms with van der Waals surface area (Å²) in [5.74, 6) is 1.77. The minimum Gasteiger partial charge on any atom is -0.467 e. The van der Waals surface area contributed by atoms with Crippen molar-refractivity contribution in [2.24, 2.45) is 0 Å². The van der Waals surface area contributed by atoms with Crippen LogP contribution in [0, 0.1) is 25.2 Å². The number of nitrogens with zero attached hydrogens (tertiary/aromatic N) is 3.